The van der Waals surface area contributed by atoms with Gasteiger partial charge in [-0.1, -0.05) is 30.9 Å². The van der Waals surface area contributed by atoms with Gasteiger partial charge in [0.1, 0.15) is 35.7 Å². The quantitative estimate of drug-likeness (QED) is 0.0253. The zero-order valence-electron chi connectivity index (χ0n) is 37.5. The summed E-state index contributed by atoms with van der Waals surface area (Å²) in [6, 6.07) is 5.49. The molecule has 2 rings (SSSR count). The molecule has 1 aromatic heterocycles. The molecular formula is C43H67FmN6O11-. The van der Waals surface area contributed by atoms with Crippen LogP contribution < -0.4 is 21.3 Å². The fourth-order valence-corrected chi connectivity index (χ4v) is 5.40. The molecule has 348 valence electrons. The van der Waals surface area contributed by atoms with E-state index in [4.69, 9.17) is 18.9 Å². The molecule has 4 amide bonds. The minimum atomic E-state index is -0.890. The van der Waals surface area contributed by atoms with Gasteiger partial charge in [-0.25, -0.2) is 14.4 Å². The maximum atomic E-state index is 12.6. The number of benzene rings is 1. The Balaban J connectivity index is 0.00000118. The molecule has 0 aliphatic carbocycles. The number of alkyl carbamates (subject to hydrolysis) is 2. The largest absolute Gasteiger partial charge is 0.520 e. The van der Waals surface area contributed by atoms with E-state index in [0.29, 0.717) is 44.9 Å². The molecule has 0 aliphatic rings. The van der Waals surface area contributed by atoms with Crippen LogP contribution in [0.4, 0.5) is 14.4 Å². The van der Waals surface area contributed by atoms with E-state index in [9.17, 15) is 33.6 Å². The Morgan fingerprint density at radius 2 is 1.39 bits per heavy atom. The van der Waals surface area contributed by atoms with Crippen molar-refractivity contribution in [3.05, 3.63) is 48.7 Å². The van der Waals surface area contributed by atoms with Crippen LogP contribution in [0.15, 0.2) is 43.1 Å². The summed E-state index contributed by atoms with van der Waals surface area (Å²) in [7, 11) is 3.65. The molecule has 1 heterocycles. The number of fused-ring (bicyclic) bond motifs is 1. The van der Waals surface area contributed by atoms with Gasteiger partial charge in [0.2, 0.25) is 5.91 Å². The number of carbonyl (C=O) groups is 6. The minimum Gasteiger partial charge on any atom is -0.520 e. The fraction of sp³-hybridized carbons (Fsp3) is 0.605. The standard InChI is InChI=1S/C22H39N4O7.C21H28N2O4.Fm/c1-21(2,3)32-19(30)23-12-8-7-10-16(14-27)26-18(29)17(25-15-28)11-9-13-24-20(31)33-22(4,5)6;1-7-12-26-19(24)18(22(5)6)13-15-14-23(20(25)27-21(2,3)4)17-11-9-8-10-16(15)17;/h14,16-17H,7-13H2,1-6H3,(H,23,30)(H,24,31)(H,25,28)(H,26,29);7-11,14,18H,1,12-13H2,2-6H3;/q-1;;/t;18-;/m.0./s1. The molecule has 17 nitrogen and oxygen atoms in total. The van der Waals surface area contributed by atoms with Crippen LogP contribution in [0.3, 0.4) is 0 Å². The van der Waals surface area contributed by atoms with Crippen LogP contribution in [0.5, 0.6) is 0 Å². The summed E-state index contributed by atoms with van der Waals surface area (Å²) in [5.41, 5.74) is -0.157. The Kier molecular flexibility index (Phi) is 23.2. The first-order chi connectivity index (χ1) is 27.9. The first-order valence-electron chi connectivity index (χ1n) is 20.0. The Labute approximate surface area is 354 Å². The molecule has 0 aliphatic heterocycles. The van der Waals surface area contributed by atoms with Crippen LogP contribution in [-0.4, -0.2) is 121 Å². The molecule has 0 spiro atoms. The van der Waals surface area contributed by atoms with Crippen molar-refractivity contribution >= 4 is 53.8 Å². The molecule has 0 fully saturated rings. The van der Waals surface area contributed by atoms with Crippen LogP contribution in [0.2, 0.25) is 0 Å². The van der Waals surface area contributed by atoms with Gasteiger partial charge in [0.05, 0.1) is 17.6 Å². The number of likely N-dealkylation sites (N-methyl/N-ethyl adjacent to an activating group) is 1. The summed E-state index contributed by atoms with van der Waals surface area (Å²) in [6.45, 7) is 20.4. The van der Waals surface area contributed by atoms with Crippen molar-refractivity contribution < 1.29 is 52.5 Å². The zero-order chi connectivity index (χ0) is 45.7. The van der Waals surface area contributed by atoms with Crippen LogP contribution in [0, 0.1) is 0 Å². The predicted molar refractivity (Wildman–Crippen MR) is 228 cm³/mol. The Hall–Kier alpha value is -6.45. The molecular weight excluding hydrogens is 1030 g/mol. The number of nitrogens with one attached hydrogen (secondary N) is 4. The third-order valence-corrected chi connectivity index (χ3v) is 8.03. The smallest absolute Gasteiger partial charge is 0.419 e. The summed E-state index contributed by atoms with van der Waals surface area (Å²) < 4.78 is 22.5. The molecule has 0 bridgehead atoms. The second-order valence-corrected chi connectivity index (χ2v) is 17.2. The van der Waals surface area contributed by atoms with E-state index in [-0.39, 0.29) is 25.5 Å². The van der Waals surface area contributed by atoms with Gasteiger partial charge >= 0.3 is 24.2 Å². The number of rotatable bonds is 20. The fourth-order valence-electron chi connectivity index (χ4n) is 5.40. The van der Waals surface area contributed by atoms with Crippen molar-refractivity contribution in [1.82, 2.24) is 30.7 Å². The maximum Gasteiger partial charge on any atom is 0.419 e. The first-order valence-corrected chi connectivity index (χ1v) is 20.0. The third-order valence-electron chi connectivity index (χ3n) is 8.03. The molecule has 4 N–H and O–H groups in total. The minimum absolute atomic E-state index is 0. The van der Waals surface area contributed by atoms with Crippen LogP contribution in [0.25, 0.3) is 10.9 Å². The van der Waals surface area contributed by atoms with Crippen molar-refractivity contribution in [1.29, 1.82) is 0 Å². The second kappa shape index (κ2) is 25.9. The number of aldehydes is 1. The molecule has 3 atom stereocenters. The van der Waals surface area contributed by atoms with Gasteiger partial charge in [0.15, 0.2) is 0 Å². The molecule has 0 saturated heterocycles. The number of hydrogen-bond donors (Lipinski definition) is 4. The number of aromatic nitrogens is 1. The number of nitrogens with zero attached hydrogens (tertiary/aromatic N) is 2. The SMILES string of the molecule is C=CCOC(=O)[C@H](Cc1cn(C(=O)OC(C)(C)C)c2ccccc12)N(C)C.CC(C)(C)OC(=O)NCCCCC(C=O)NC(=O)C(CCCNC(=O)OC(C)(C)C)N[C-]=O.[Fm]. The van der Waals surface area contributed by atoms with Crippen LogP contribution in [0.1, 0.15) is 100.0 Å². The van der Waals surface area contributed by atoms with Crippen molar-refractivity contribution in [2.45, 2.75) is 136 Å². The Morgan fingerprint density at radius 3 is 1.90 bits per heavy atom. The summed E-state index contributed by atoms with van der Waals surface area (Å²) in [5.74, 6) is -0.839. The number of amides is 4. The van der Waals surface area contributed by atoms with E-state index < -0.39 is 59.1 Å². The van der Waals surface area contributed by atoms with Gasteiger partial charge in [-0.15, -0.1) is 0 Å². The number of unbranched alkanes of at least 4 members (excludes halogenated alkanes) is 1. The number of para-hydroxylation sites is 1. The Bertz CT molecular complexity index is 1730. The van der Waals surface area contributed by atoms with E-state index in [1.165, 1.54) is 11.0 Å². The average Bonchev–Trinajstić information content (AvgIpc) is 3.50. The summed E-state index contributed by atoms with van der Waals surface area (Å²) >= 11 is 0. The van der Waals surface area contributed by atoms with Crippen LogP contribution >= 0.6 is 0 Å². The summed E-state index contributed by atoms with van der Waals surface area (Å²) in [6.07, 6.45) is 6.49. The van der Waals surface area contributed by atoms with Gasteiger partial charge in [0, 0.05) is 31.1 Å². The molecule has 18 heteroatoms. The molecule has 2 unspecified atom stereocenters. The number of ether oxygens (including phenoxy) is 4. The van der Waals surface area contributed by atoms with Crippen LogP contribution in [-0.2, 0) is 44.5 Å². The average molecular weight is 1100 g/mol. The normalized spacial score (nSPS) is 12.8. The zero-order valence-corrected chi connectivity index (χ0v) is 39.9. The molecule has 0 saturated carbocycles. The monoisotopic (exact) mass is 1100 g/mol. The predicted octanol–water partition coefficient (Wildman–Crippen LogP) is 5.32. The molecule has 1 aromatic carbocycles. The summed E-state index contributed by atoms with van der Waals surface area (Å²) in [4.78, 5) is 84.5. The van der Waals surface area contributed by atoms with E-state index in [0.717, 1.165) is 16.5 Å². The van der Waals surface area contributed by atoms with Crippen molar-refractivity contribution in [2.24, 2.45) is 0 Å². The van der Waals surface area contributed by atoms with E-state index in [2.05, 4.69) is 27.8 Å². The van der Waals surface area contributed by atoms with E-state index in [1.807, 2.05) is 64.0 Å². The van der Waals surface area contributed by atoms with Gasteiger partial charge in [0.25, 0.3) is 0 Å². The topological polar surface area (TPSA) is 213 Å². The third kappa shape index (κ3) is 22.5. The van der Waals surface area contributed by atoms with Gasteiger partial charge in [-0.2, -0.15) is 6.41 Å². The summed E-state index contributed by atoms with van der Waals surface area (Å²) in [5, 5.41) is 11.0. The van der Waals surface area contributed by atoms with Crippen molar-refractivity contribution in [2.75, 3.05) is 33.8 Å². The van der Waals surface area contributed by atoms with E-state index in [1.54, 1.807) is 53.8 Å². The Morgan fingerprint density at radius 1 is 0.836 bits per heavy atom. The molecule has 2 aromatic rings. The van der Waals surface area contributed by atoms with E-state index >= 15 is 0 Å². The van der Waals surface area contributed by atoms with Crippen molar-refractivity contribution in [3.8, 4) is 0 Å². The second-order valence-electron chi connectivity index (χ2n) is 17.2. The maximum absolute atomic E-state index is 12.6. The first kappa shape index (κ1) is 54.6. The number of esters is 1. The molecule has 61 heavy (non-hydrogen) atoms. The van der Waals surface area contributed by atoms with Gasteiger partial charge in [-0.3, -0.25) is 19.1 Å². The molecule has 0 radical (unpaired) electrons. The number of hydrogen-bond acceptors (Lipinski definition) is 12. The number of carbonyl (C=O) groups excluding carboxylic acids is 7. The van der Waals surface area contributed by atoms with Gasteiger partial charge < -0.3 is 49.8 Å². The van der Waals surface area contributed by atoms with Gasteiger partial charge in [-0.05, 0) is 120 Å². The van der Waals surface area contributed by atoms with Crippen molar-refractivity contribution in [3.63, 3.8) is 0 Å².